The summed E-state index contributed by atoms with van der Waals surface area (Å²) in [5, 5.41) is 2.82. The number of ether oxygens (including phenoxy) is 1. The SMILES string of the molecule is CCOC(=O)CCN(C)C(=O)Cc1ccc(NC(=O)c2ccc(Br)cc2)cc1. The normalized spacial score (nSPS) is 10.2. The molecule has 1 N–H and O–H groups in total. The molecule has 0 radical (unpaired) electrons. The van der Waals surface area contributed by atoms with Crippen LogP contribution in [0.4, 0.5) is 5.69 Å². The summed E-state index contributed by atoms with van der Waals surface area (Å²) < 4.78 is 5.77. The number of esters is 1. The Bertz CT molecular complexity index is 819. The van der Waals surface area contributed by atoms with E-state index in [1.165, 1.54) is 4.90 Å². The average molecular weight is 447 g/mol. The Morgan fingerprint density at radius 2 is 1.68 bits per heavy atom. The van der Waals surface area contributed by atoms with E-state index in [1.807, 2.05) is 12.1 Å². The van der Waals surface area contributed by atoms with Crippen LogP contribution in [0.25, 0.3) is 0 Å². The maximum Gasteiger partial charge on any atom is 0.307 e. The molecule has 0 aliphatic rings. The van der Waals surface area contributed by atoms with Gasteiger partial charge in [-0.3, -0.25) is 14.4 Å². The fourth-order valence-electron chi connectivity index (χ4n) is 2.44. The fraction of sp³-hybridized carbons (Fsp3) is 0.286. The molecule has 0 aliphatic heterocycles. The van der Waals surface area contributed by atoms with Crippen molar-refractivity contribution in [2.45, 2.75) is 19.8 Å². The van der Waals surface area contributed by atoms with E-state index in [9.17, 15) is 14.4 Å². The monoisotopic (exact) mass is 446 g/mol. The van der Waals surface area contributed by atoms with Crippen LogP contribution in [0.15, 0.2) is 53.0 Å². The first-order valence-corrected chi connectivity index (χ1v) is 9.73. The van der Waals surface area contributed by atoms with E-state index in [-0.39, 0.29) is 30.6 Å². The minimum Gasteiger partial charge on any atom is -0.466 e. The van der Waals surface area contributed by atoms with Crippen molar-refractivity contribution < 1.29 is 19.1 Å². The molecular formula is C21H23BrN2O4. The highest BCUT2D eigenvalue weighted by Crippen LogP contribution is 2.14. The van der Waals surface area contributed by atoms with Gasteiger partial charge in [0.25, 0.3) is 5.91 Å². The zero-order valence-electron chi connectivity index (χ0n) is 15.9. The molecule has 0 aliphatic carbocycles. The van der Waals surface area contributed by atoms with Crippen molar-refractivity contribution in [3.8, 4) is 0 Å². The van der Waals surface area contributed by atoms with E-state index in [0.29, 0.717) is 24.4 Å². The molecule has 0 fully saturated rings. The van der Waals surface area contributed by atoms with Crippen molar-refractivity contribution in [1.29, 1.82) is 0 Å². The number of anilines is 1. The summed E-state index contributed by atoms with van der Waals surface area (Å²) in [5.41, 5.74) is 2.04. The summed E-state index contributed by atoms with van der Waals surface area (Å²) in [5.74, 6) is -0.598. The van der Waals surface area contributed by atoms with E-state index in [4.69, 9.17) is 4.74 Å². The second kappa shape index (κ2) is 10.6. The third kappa shape index (κ3) is 6.81. The standard InChI is InChI=1S/C21H23BrN2O4/c1-3-28-20(26)12-13-24(2)19(25)14-15-4-10-18(11-5-15)23-21(27)16-6-8-17(22)9-7-16/h4-11H,3,12-14H2,1-2H3,(H,23,27). The molecule has 28 heavy (non-hydrogen) atoms. The maximum atomic E-state index is 12.3. The van der Waals surface area contributed by atoms with Crippen molar-refractivity contribution in [2.24, 2.45) is 0 Å². The number of carbonyl (C=O) groups excluding carboxylic acids is 3. The lowest BCUT2D eigenvalue weighted by Gasteiger charge is -2.16. The zero-order valence-corrected chi connectivity index (χ0v) is 17.5. The summed E-state index contributed by atoms with van der Waals surface area (Å²) in [6, 6.07) is 14.2. The molecule has 0 aromatic heterocycles. The molecular weight excluding hydrogens is 424 g/mol. The highest BCUT2D eigenvalue weighted by molar-refractivity contribution is 9.10. The smallest absolute Gasteiger partial charge is 0.307 e. The van der Waals surface area contributed by atoms with Gasteiger partial charge in [0.05, 0.1) is 19.4 Å². The number of rotatable bonds is 8. The maximum absolute atomic E-state index is 12.3. The van der Waals surface area contributed by atoms with Gasteiger partial charge in [-0.1, -0.05) is 28.1 Å². The molecule has 0 bridgehead atoms. The average Bonchev–Trinajstić information content (AvgIpc) is 2.68. The van der Waals surface area contributed by atoms with Gasteiger partial charge in [-0.05, 0) is 48.9 Å². The van der Waals surface area contributed by atoms with Crippen LogP contribution in [0.2, 0.25) is 0 Å². The number of carbonyl (C=O) groups is 3. The van der Waals surface area contributed by atoms with Gasteiger partial charge in [0.2, 0.25) is 5.91 Å². The quantitative estimate of drug-likeness (QED) is 0.627. The first kappa shape index (κ1) is 21.6. The van der Waals surface area contributed by atoms with Crippen LogP contribution in [0, 0.1) is 0 Å². The highest BCUT2D eigenvalue weighted by atomic mass is 79.9. The summed E-state index contributed by atoms with van der Waals surface area (Å²) in [6.07, 6.45) is 0.400. The van der Waals surface area contributed by atoms with Gasteiger partial charge in [-0.15, -0.1) is 0 Å². The van der Waals surface area contributed by atoms with Crippen molar-refractivity contribution in [3.05, 3.63) is 64.1 Å². The lowest BCUT2D eigenvalue weighted by molar-refractivity contribution is -0.143. The predicted molar refractivity (Wildman–Crippen MR) is 111 cm³/mol. The summed E-state index contributed by atoms with van der Waals surface area (Å²) in [6.45, 7) is 2.40. The van der Waals surface area contributed by atoms with E-state index in [2.05, 4.69) is 21.2 Å². The van der Waals surface area contributed by atoms with Crippen LogP contribution >= 0.6 is 15.9 Å². The van der Waals surface area contributed by atoms with Gasteiger partial charge in [0.15, 0.2) is 0 Å². The van der Waals surface area contributed by atoms with E-state index < -0.39 is 0 Å². The Labute approximate surface area is 173 Å². The van der Waals surface area contributed by atoms with Gasteiger partial charge < -0.3 is 15.0 Å². The van der Waals surface area contributed by atoms with Crippen molar-refractivity contribution in [2.75, 3.05) is 25.5 Å². The van der Waals surface area contributed by atoms with Gasteiger partial charge in [0, 0.05) is 29.3 Å². The molecule has 0 saturated heterocycles. The molecule has 2 aromatic rings. The van der Waals surface area contributed by atoms with E-state index >= 15 is 0 Å². The fourth-order valence-corrected chi connectivity index (χ4v) is 2.70. The number of nitrogens with one attached hydrogen (secondary N) is 1. The molecule has 148 valence electrons. The van der Waals surface area contributed by atoms with Crippen LogP contribution < -0.4 is 5.32 Å². The van der Waals surface area contributed by atoms with E-state index in [1.54, 1.807) is 50.4 Å². The highest BCUT2D eigenvalue weighted by Gasteiger charge is 2.12. The largest absolute Gasteiger partial charge is 0.466 e. The Hall–Kier alpha value is -2.67. The second-order valence-corrected chi connectivity index (χ2v) is 7.12. The number of hydrogen-bond donors (Lipinski definition) is 1. The Morgan fingerprint density at radius 3 is 2.29 bits per heavy atom. The number of hydrogen-bond acceptors (Lipinski definition) is 4. The van der Waals surface area contributed by atoms with E-state index in [0.717, 1.165) is 10.0 Å². The molecule has 0 atom stereocenters. The Kier molecular flexibility index (Phi) is 8.19. The topological polar surface area (TPSA) is 75.7 Å². The van der Waals surface area contributed by atoms with Crippen LogP contribution in [0.3, 0.4) is 0 Å². The Balaban J connectivity index is 1.86. The zero-order chi connectivity index (χ0) is 20.5. The molecule has 0 saturated carbocycles. The number of nitrogens with zero attached hydrogens (tertiary/aromatic N) is 1. The van der Waals surface area contributed by atoms with Crippen molar-refractivity contribution >= 4 is 39.4 Å². The molecule has 2 amide bonds. The van der Waals surface area contributed by atoms with Gasteiger partial charge in [0.1, 0.15) is 0 Å². The lowest BCUT2D eigenvalue weighted by atomic mass is 10.1. The number of benzene rings is 2. The van der Waals surface area contributed by atoms with Crippen LogP contribution in [0.1, 0.15) is 29.3 Å². The molecule has 2 rings (SSSR count). The van der Waals surface area contributed by atoms with Crippen molar-refractivity contribution in [1.82, 2.24) is 4.90 Å². The minimum absolute atomic E-state index is 0.0871. The molecule has 7 heteroatoms. The first-order chi connectivity index (χ1) is 13.4. The van der Waals surface area contributed by atoms with Crippen LogP contribution in [-0.2, 0) is 20.7 Å². The molecule has 6 nitrogen and oxygen atoms in total. The van der Waals surface area contributed by atoms with Crippen LogP contribution in [0.5, 0.6) is 0 Å². The van der Waals surface area contributed by atoms with Crippen molar-refractivity contribution in [3.63, 3.8) is 0 Å². The summed E-state index contributed by atoms with van der Waals surface area (Å²) in [7, 11) is 1.66. The Morgan fingerprint density at radius 1 is 1.04 bits per heavy atom. The summed E-state index contributed by atoms with van der Waals surface area (Å²) >= 11 is 3.34. The van der Waals surface area contributed by atoms with Crippen LogP contribution in [-0.4, -0.2) is 42.9 Å². The van der Waals surface area contributed by atoms with Gasteiger partial charge in [-0.2, -0.15) is 0 Å². The number of likely N-dealkylation sites (N-methyl/N-ethyl adjacent to an activating group) is 1. The molecule has 0 unspecified atom stereocenters. The predicted octanol–water partition coefficient (Wildman–Crippen LogP) is 3.66. The van der Waals surface area contributed by atoms with Gasteiger partial charge in [-0.25, -0.2) is 0 Å². The number of halogens is 1. The molecule has 0 heterocycles. The lowest BCUT2D eigenvalue weighted by Crippen LogP contribution is -2.30. The minimum atomic E-state index is -0.312. The van der Waals surface area contributed by atoms with Gasteiger partial charge >= 0.3 is 5.97 Å². The number of amides is 2. The summed E-state index contributed by atoms with van der Waals surface area (Å²) in [4.78, 5) is 37.4. The molecule has 2 aromatic carbocycles. The third-order valence-corrected chi connectivity index (χ3v) is 4.58. The second-order valence-electron chi connectivity index (χ2n) is 6.21. The first-order valence-electron chi connectivity index (χ1n) is 8.94. The third-order valence-electron chi connectivity index (χ3n) is 4.06. The molecule has 0 spiro atoms.